The van der Waals surface area contributed by atoms with Gasteiger partial charge in [0.1, 0.15) is 0 Å². The molecule has 3 heteroatoms. The lowest BCUT2D eigenvalue weighted by molar-refractivity contribution is 0.222. The van der Waals surface area contributed by atoms with Crippen LogP contribution in [0.2, 0.25) is 0 Å². The summed E-state index contributed by atoms with van der Waals surface area (Å²) in [5.41, 5.74) is 1.36. The van der Waals surface area contributed by atoms with Gasteiger partial charge in [-0.3, -0.25) is 4.90 Å². The van der Waals surface area contributed by atoms with E-state index in [0.29, 0.717) is 0 Å². The zero-order chi connectivity index (χ0) is 15.1. The zero-order valence-corrected chi connectivity index (χ0v) is 13.9. The molecule has 1 unspecified atom stereocenters. The fourth-order valence-corrected chi connectivity index (χ4v) is 2.95. The van der Waals surface area contributed by atoms with Gasteiger partial charge in [0.15, 0.2) is 0 Å². The molecule has 0 aromatic heterocycles. The Morgan fingerprint density at radius 2 is 1.62 bits per heavy atom. The molecule has 1 aromatic rings. The number of para-hydroxylation sites is 1. The highest BCUT2D eigenvalue weighted by atomic mass is 15.3. The van der Waals surface area contributed by atoms with E-state index >= 15 is 0 Å². The Bertz CT molecular complexity index is 383. The second kappa shape index (κ2) is 8.40. The molecule has 1 aliphatic rings. The topological polar surface area (TPSA) is 18.5 Å². The third-order valence-electron chi connectivity index (χ3n) is 4.11. The smallest absolute Gasteiger partial charge is 0.0367 e. The summed E-state index contributed by atoms with van der Waals surface area (Å²) in [6.45, 7) is 15.0. The second-order valence-electron chi connectivity index (χ2n) is 6.78. The van der Waals surface area contributed by atoms with Crippen molar-refractivity contribution in [3.05, 3.63) is 30.3 Å². The molecule has 0 spiro atoms. The highest BCUT2D eigenvalue weighted by Crippen LogP contribution is 2.15. The quantitative estimate of drug-likeness (QED) is 0.832. The van der Waals surface area contributed by atoms with E-state index in [4.69, 9.17) is 0 Å². The van der Waals surface area contributed by atoms with E-state index in [1.165, 1.54) is 25.3 Å². The average molecular weight is 289 g/mol. The molecular formula is C18H31N3. The number of benzene rings is 1. The number of rotatable bonds is 7. The normalized spacial score (nSPS) is 18.2. The lowest BCUT2D eigenvalue weighted by atomic mass is 10.1. The van der Waals surface area contributed by atoms with Crippen molar-refractivity contribution < 1.29 is 0 Å². The lowest BCUT2D eigenvalue weighted by Gasteiger charge is -2.37. The van der Waals surface area contributed by atoms with E-state index in [1.54, 1.807) is 0 Å². The minimum absolute atomic E-state index is 0.729. The van der Waals surface area contributed by atoms with Crippen molar-refractivity contribution in [2.75, 3.05) is 50.7 Å². The summed E-state index contributed by atoms with van der Waals surface area (Å²) >= 11 is 0. The first-order valence-electron chi connectivity index (χ1n) is 8.38. The van der Waals surface area contributed by atoms with Crippen LogP contribution < -0.4 is 10.2 Å². The van der Waals surface area contributed by atoms with Gasteiger partial charge in [-0.2, -0.15) is 0 Å². The molecule has 3 nitrogen and oxygen atoms in total. The summed E-state index contributed by atoms with van der Waals surface area (Å²) in [6.07, 6.45) is 0. The number of hydrogen-bond acceptors (Lipinski definition) is 3. The van der Waals surface area contributed by atoms with Gasteiger partial charge in [-0.05, 0) is 37.1 Å². The third-order valence-corrected chi connectivity index (χ3v) is 4.11. The molecule has 0 bridgehead atoms. The maximum Gasteiger partial charge on any atom is 0.0367 e. The number of nitrogens with one attached hydrogen (secondary N) is 1. The molecule has 1 fully saturated rings. The fourth-order valence-electron chi connectivity index (χ4n) is 2.95. The van der Waals surface area contributed by atoms with Gasteiger partial charge in [-0.1, -0.05) is 39.0 Å². The van der Waals surface area contributed by atoms with Crippen molar-refractivity contribution in [2.24, 2.45) is 11.8 Å². The number of hydrogen-bond donors (Lipinski definition) is 1. The van der Waals surface area contributed by atoms with Crippen molar-refractivity contribution in [2.45, 2.75) is 20.8 Å². The predicted octanol–water partition coefficient (Wildman–Crippen LogP) is 2.69. The molecule has 0 saturated carbocycles. The van der Waals surface area contributed by atoms with Crippen molar-refractivity contribution in [1.82, 2.24) is 10.2 Å². The minimum atomic E-state index is 0.729. The number of piperazine rings is 1. The van der Waals surface area contributed by atoms with Crippen molar-refractivity contribution in [3.8, 4) is 0 Å². The van der Waals surface area contributed by atoms with Crippen LogP contribution in [0.25, 0.3) is 0 Å². The van der Waals surface area contributed by atoms with Gasteiger partial charge < -0.3 is 10.2 Å². The molecule has 1 atom stereocenters. The van der Waals surface area contributed by atoms with Crippen LogP contribution in [0.5, 0.6) is 0 Å². The van der Waals surface area contributed by atoms with E-state index in [9.17, 15) is 0 Å². The minimum Gasteiger partial charge on any atom is -0.369 e. The van der Waals surface area contributed by atoms with Crippen LogP contribution in [0.4, 0.5) is 5.69 Å². The zero-order valence-electron chi connectivity index (χ0n) is 13.9. The van der Waals surface area contributed by atoms with Gasteiger partial charge in [0.25, 0.3) is 0 Å². The standard InChI is InChI=1S/C18H31N3/c1-16(2)13-19-14-17(3)15-20-9-11-21(12-10-20)18-7-5-4-6-8-18/h4-8,16-17,19H,9-15H2,1-3H3. The highest BCUT2D eigenvalue weighted by molar-refractivity contribution is 5.46. The van der Waals surface area contributed by atoms with E-state index in [-0.39, 0.29) is 0 Å². The summed E-state index contributed by atoms with van der Waals surface area (Å²) in [7, 11) is 0. The SMILES string of the molecule is CC(C)CNCC(C)CN1CCN(c2ccccc2)CC1. The third kappa shape index (κ3) is 5.68. The first-order valence-corrected chi connectivity index (χ1v) is 8.38. The molecule has 0 aliphatic carbocycles. The Balaban J connectivity index is 1.67. The van der Waals surface area contributed by atoms with Crippen LogP contribution >= 0.6 is 0 Å². The largest absolute Gasteiger partial charge is 0.369 e. The molecule has 1 saturated heterocycles. The van der Waals surface area contributed by atoms with Gasteiger partial charge >= 0.3 is 0 Å². The van der Waals surface area contributed by atoms with Crippen molar-refractivity contribution in [1.29, 1.82) is 0 Å². The van der Waals surface area contributed by atoms with Crippen LogP contribution in [0.15, 0.2) is 30.3 Å². The molecule has 118 valence electrons. The average Bonchev–Trinajstić information content (AvgIpc) is 2.48. The van der Waals surface area contributed by atoms with Crippen LogP contribution in [0.3, 0.4) is 0 Å². The van der Waals surface area contributed by atoms with Gasteiger partial charge in [-0.15, -0.1) is 0 Å². The Kier molecular flexibility index (Phi) is 6.52. The molecule has 0 amide bonds. The van der Waals surface area contributed by atoms with Crippen LogP contribution in [-0.4, -0.2) is 50.7 Å². The molecule has 2 rings (SSSR count). The van der Waals surface area contributed by atoms with Gasteiger partial charge in [-0.25, -0.2) is 0 Å². The van der Waals surface area contributed by atoms with Gasteiger partial charge in [0.2, 0.25) is 0 Å². The molecule has 21 heavy (non-hydrogen) atoms. The molecule has 1 N–H and O–H groups in total. The molecular weight excluding hydrogens is 258 g/mol. The number of anilines is 1. The Labute approximate surface area is 130 Å². The van der Waals surface area contributed by atoms with Crippen molar-refractivity contribution in [3.63, 3.8) is 0 Å². The number of nitrogens with zero attached hydrogens (tertiary/aromatic N) is 2. The Hall–Kier alpha value is -1.06. The molecule has 1 heterocycles. The monoisotopic (exact) mass is 289 g/mol. The highest BCUT2D eigenvalue weighted by Gasteiger charge is 2.18. The fraction of sp³-hybridized carbons (Fsp3) is 0.667. The van der Waals surface area contributed by atoms with E-state index in [1.807, 2.05) is 0 Å². The maximum absolute atomic E-state index is 3.57. The summed E-state index contributed by atoms with van der Waals surface area (Å²) < 4.78 is 0. The summed E-state index contributed by atoms with van der Waals surface area (Å²) in [4.78, 5) is 5.11. The predicted molar refractivity (Wildman–Crippen MR) is 92.0 cm³/mol. The second-order valence-corrected chi connectivity index (χ2v) is 6.78. The van der Waals surface area contributed by atoms with Gasteiger partial charge in [0, 0.05) is 38.4 Å². The maximum atomic E-state index is 3.57. The summed E-state index contributed by atoms with van der Waals surface area (Å²) in [6, 6.07) is 10.8. The molecule has 1 aromatic carbocycles. The first-order chi connectivity index (χ1) is 10.1. The van der Waals surface area contributed by atoms with E-state index in [0.717, 1.165) is 38.0 Å². The van der Waals surface area contributed by atoms with E-state index in [2.05, 4.69) is 66.2 Å². The summed E-state index contributed by atoms with van der Waals surface area (Å²) in [5.74, 6) is 1.47. The molecule has 1 aliphatic heterocycles. The first kappa shape index (κ1) is 16.3. The summed E-state index contributed by atoms with van der Waals surface area (Å²) in [5, 5.41) is 3.57. The van der Waals surface area contributed by atoms with Gasteiger partial charge in [0.05, 0.1) is 0 Å². The van der Waals surface area contributed by atoms with E-state index < -0.39 is 0 Å². The Morgan fingerprint density at radius 1 is 0.952 bits per heavy atom. The Morgan fingerprint density at radius 3 is 2.24 bits per heavy atom. The van der Waals surface area contributed by atoms with Crippen LogP contribution in [0, 0.1) is 11.8 Å². The van der Waals surface area contributed by atoms with Crippen LogP contribution in [0.1, 0.15) is 20.8 Å². The molecule has 0 radical (unpaired) electrons. The lowest BCUT2D eigenvalue weighted by Crippen LogP contribution is -2.48. The van der Waals surface area contributed by atoms with Crippen molar-refractivity contribution >= 4 is 5.69 Å². The van der Waals surface area contributed by atoms with Crippen LogP contribution in [-0.2, 0) is 0 Å².